The highest BCUT2D eigenvalue weighted by Crippen LogP contribution is 2.38. The Balaban J connectivity index is 1.99. The molecule has 0 amide bonds. The Kier molecular flexibility index (Phi) is 2.05. The lowest BCUT2D eigenvalue weighted by Gasteiger charge is -1.85. The molecule has 1 aliphatic carbocycles. The summed E-state index contributed by atoms with van der Waals surface area (Å²) >= 11 is 1.50. The Morgan fingerprint density at radius 2 is 2.50 bits per heavy atom. The number of aromatic amines is 1. The van der Waals surface area contributed by atoms with Gasteiger partial charge in [-0.15, -0.1) is 11.5 Å². The number of terminal acetylenes is 1. The minimum absolute atomic E-state index is 0.637. The van der Waals surface area contributed by atoms with E-state index in [2.05, 4.69) is 21.1 Å². The van der Waals surface area contributed by atoms with Crippen molar-refractivity contribution in [2.45, 2.75) is 23.9 Å². The number of aromatic nitrogens is 3. The summed E-state index contributed by atoms with van der Waals surface area (Å²) < 4.78 is 0. The van der Waals surface area contributed by atoms with E-state index in [4.69, 9.17) is 6.42 Å². The largest absolute Gasteiger partial charge is 0.262 e. The molecule has 1 aromatic rings. The van der Waals surface area contributed by atoms with Crippen LogP contribution in [-0.2, 0) is 0 Å². The van der Waals surface area contributed by atoms with Gasteiger partial charge in [0.15, 0.2) is 0 Å². The smallest absolute Gasteiger partial charge is 0.209 e. The second-order valence-corrected chi connectivity index (χ2v) is 3.71. The van der Waals surface area contributed by atoms with Crippen LogP contribution < -0.4 is 0 Å². The summed E-state index contributed by atoms with van der Waals surface area (Å²) in [5.41, 5.74) is 0. The van der Waals surface area contributed by atoms with Crippen LogP contribution in [0.3, 0.4) is 0 Å². The van der Waals surface area contributed by atoms with Gasteiger partial charge in [0.05, 0.1) is 5.75 Å². The molecule has 1 aromatic heterocycles. The molecule has 0 saturated heterocycles. The molecule has 62 valence electrons. The van der Waals surface area contributed by atoms with Crippen LogP contribution in [0.15, 0.2) is 5.16 Å². The van der Waals surface area contributed by atoms with Crippen LogP contribution in [0.25, 0.3) is 0 Å². The fourth-order valence-corrected chi connectivity index (χ4v) is 1.45. The number of nitrogens with one attached hydrogen (secondary N) is 1. The Hall–Kier alpha value is -0.950. The van der Waals surface area contributed by atoms with Crippen molar-refractivity contribution in [1.29, 1.82) is 0 Å². The molecule has 1 heterocycles. The first-order valence-electron chi connectivity index (χ1n) is 3.88. The molecule has 1 aliphatic rings. The number of rotatable bonds is 3. The Morgan fingerprint density at radius 3 is 3.17 bits per heavy atom. The molecule has 0 spiro atoms. The lowest BCUT2D eigenvalue weighted by Crippen LogP contribution is -1.80. The van der Waals surface area contributed by atoms with Gasteiger partial charge in [0, 0.05) is 5.92 Å². The average Bonchev–Trinajstić information content (AvgIpc) is 2.83. The van der Waals surface area contributed by atoms with Gasteiger partial charge in [-0.25, -0.2) is 4.98 Å². The molecule has 0 unspecified atom stereocenters. The second-order valence-electron chi connectivity index (χ2n) is 2.77. The molecule has 0 aliphatic heterocycles. The van der Waals surface area contributed by atoms with Crippen LogP contribution >= 0.6 is 11.8 Å². The minimum atomic E-state index is 0.637. The predicted octanol–water partition coefficient (Wildman–Crippen LogP) is 1.41. The zero-order valence-electron chi connectivity index (χ0n) is 6.58. The Bertz CT molecular complexity index is 308. The van der Waals surface area contributed by atoms with E-state index in [9.17, 15) is 0 Å². The normalized spacial score (nSPS) is 15.9. The molecule has 0 radical (unpaired) electrons. The standard InChI is InChI=1S/C8H9N3S/c1-2-5-12-8-9-7(10-11-8)6-3-4-6/h1,6H,3-5H2,(H,9,10,11). The highest BCUT2D eigenvalue weighted by Gasteiger charge is 2.26. The van der Waals surface area contributed by atoms with Gasteiger partial charge in [0.25, 0.3) is 0 Å². The molecule has 4 heteroatoms. The fourth-order valence-electron chi connectivity index (χ4n) is 0.968. The van der Waals surface area contributed by atoms with Crippen molar-refractivity contribution >= 4 is 11.8 Å². The van der Waals surface area contributed by atoms with E-state index in [0.29, 0.717) is 11.7 Å². The quantitative estimate of drug-likeness (QED) is 0.563. The van der Waals surface area contributed by atoms with Gasteiger partial charge in [0.2, 0.25) is 5.16 Å². The van der Waals surface area contributed by atoms with Crippen molar-refractivity contribution in [3.05, 3.63) is 5.82 Å². The topological polar surface area (TPSA) is 41.6 Å². The summed E-state index contributed by atoms with van der Waals surface area (Å²) in [5.74, 6) is 4.84. The van der Waals surface area contributed by atoms with Crippen LogP contribution in [-0.4, -0.2) is 20.9 Å². The van der Waals surface area contributed by atoms with E-state index in [1.54, 1.807) is 0 Å². The molecule has 2 rings (SSSR count). The monoisotopic (exact) mass is 179 g/mol. The van der Waals surface area contributed by atoms with Crippen molar-refractivity contribution < 1.29 is 0 Å². The third-order valence-corrected chi connectivity index (χ3v) is 2.48. The maximum Gasteiger partial charge on any atom is 0.209 e. The van der Waals surface area contributed by atoms with Crippen LogP contribution in [0.4, 0.5) is 0 Å². The van der Waals surface area contributed by atoms with Crippen LogP contribution in [0.2, 0.25) is 0 Å². The van der Waals surface area contributed by atoms with Gasteiger partial charge in [-0.3, -0.25) is 5.10 Å². The molecule has 0 atom stereocenters. The van der Waals surface area contributed by atoms with Crippen molar-refractivity contribution in [3.8, 4) is 12.3 Å². The molecule has 1 saturated carbocycles. The van der Waals surface area contributed by atoms with E-state index in [1.165, 1.54) is 24.6 Å². The van der Waals surface area contributed by atoms with E-state index in [1.807, 2.05) is 0 Å². The van der Waals surface area contributed by atoms with Gasteiger partial charge in [0.1, 0.15) is 5.82 Å². The molecule has 1 N–H and O–H groups in total. The van der Waals surface area contributed by atoms with Crippen molar-refractivity contribution in [2.24, 2.45) is 0 Å². The SMILES string of the molecule is C#CCSc1n[nH]c(C2CC2)n1. The number of H-pyrrole nitrogens is 1. The van der Waals surface area contributed by atoms with Crippen LogP contribution in [0.5, 0.6) is 0 Å². The minimum Gasteiger partial charge on any atom is -0.262 e. The maximum atomic E-state index is 5.12. The summed E-state index contributed by atoms with van der Waals surface area (Å²) in [4.78, 5) is 4.31. The summed E-state index contributed by atoms with van der Waals surface area (Å²) in [6.07, 6.45) is 7.61. The molecule has 0 bridgehead atoms. The van der Waals surface area contributed by atoms with Crippen LogP contribution in [0.1, 0.15) is 24.6 Å². The summed E-state index contributed by atoms with van der Waals surface area (Å²) in [5, 5.41) is 7.75. The van der Waals surface area contributed by atoms with Crippen molar-refractivity contribution in [2.75, 3.05) is 5.75 Å². The summed E-state index contributed by atoms with van der Waals surface area (Å²) in [7, 11) is 0. The molecular formula is C8H9N3S. The first kappa shape index (κ1) is 7.69. The Labute approximate surface area is 75.4 Å². The van der Waals surface area contributed by atoms with Gasteiger partial charge in [-0.1, -0.05) is 17.7 Å². The lowest BCUT2D eigenvalue weighted by molar-refractivity contribution is 0.932. The number of hydrogen-bond acceptors (Lipinski definition) is 3. The van der Waals surface area contributed by atoms with Gasteiger partial charge < -0.3 is 0 Å². The third kappa shape index (κ3) is 1.62. The Morgan fingerprint density at radius 1 is 1.67 bits per heavy atom. The first-order chi connectivity index (χ1) is 5.90. The van der Waals surface area contributed by atoms with Gasteiger partial charge in [-0.05, 0) is 12.8 Å². The second kappa shape index (κ2) is 3.20. The first-order valence-corrected chi connectivity index (χ1v) is 4.87. The highest BCUT2D eigenvalue weighted by molar-refractivity contribution is 7.99. The third-order valence-electron chi connectivity index (χ3n) is 1.73. The lowest BCUT2D eigenvalue weighted by atomic mass is 10.4. The zero-order chi connectivity index (χ0) is 8.39. The van der Waals surface area contributed by atoms with Crippen molar-refractivity contribution in [3.63, 3.8) is 0 Å². The van der Waals surface area contributed by atoms with Gasteiger partial charge >= 0.3 is 0 Å². The number of hydrogen-bond donors (Lipinski definition) is 1. The predicted molar refractivity (Wildman–Crippen MR) is 47.9 cm³/mol. The van der Waals surface area contributed by atoms with Crippen LogP contribution in [0, 0.1) is 12.3 Å². The van der Waals surface area contributed by atoms with Gasteiger partial charge in [-0.2, -0.15) is 0 Å². The summed E-state index contributed by atoms with van der Waals surface area (Å²) in [6.45, 7) is 0. The molecule has 12 heavy (non-hydrogen) atoms. The molecule has 3 nitrogen and oxygen atoms in total. The van der Waals surface area contributed by atoms with Crippen molar-refractivity contribution in [1.82, 2.24) is 15.2 Å². The summed E-state index contributed by atoms with van der Waals surface area (Å²) in [6, 6.07) is 0. The molecule has 0 aromatic carbocycles. The zero-order valence-corrected chi connectivity index (χ0v) is 7.40. The number of thioether (sulfide) groups is 1. The van der Waals surface area contributed by atoms with E-state index < -0.39 is 0 Å². The average molecular weight is 179 g/mol. The highest BCUT2D eigenvalue weighted by atomic mass is 32.2. The molecular weight excluding hydrogens is 170 g/mol. The van der Waals surface area contributed by atoms with E-state index >= 15 is 0 Å². The van der Waals surface area contributed by atoms with E-state index in [0.717, 1.165) is 11.0 Å². The van der Waals surface area contributed by atoms with E-state index in [-0.39, 0.29) is 0 Å². The molecule has 1 fully saturated rings. The fraction of sp³-hybridized carbons (Fsp3) is 0.500. The maximum absolute atomic E-state index is 5.12. The number of nitrogens with zero attached hydrogens (tertiary/aromatic N) is 2.